The highest BCUT2D eigenvalue weighted by atomic mass is 32.1. The predicted octanol–water partition coefficient (Wildman–Crippen LogP) is 0.244. The molecule has 0 saturated carbocycles. The Kier molecular flexibility index (Phi) is 2.84. The second-order valence-corrected chi connectivity index (χ2v) is 4.66. The average Bonchev–Trinajstić information content (AvgIpc) is 2.72. The third-order valence-electron chi connectivity index (χ3n) is 2.07. The van der Waals surface area contributed by atoms with Crippen molar-refractivity contribution in [2.45, 2.75) is 13.1 Å². The lowest BCUT2D eigenvalue weighted by Crippen LogP contribution is -2.20. The summed E-state index contributed by atoms with van der Waals surface area (Å²) >= 11 is 1.77. The maximum atomic E-state index is 11.2. The Morgan fingerprint density at radius 1 is 0.938 bits per heavy atom. The number of aromatic hydroxyl groups is 2. The summed E-state index contributed by atoms with van der Waals surface area (Å²) in [5.74, 6) is -0.254. The van der Waals surface area contributed by atoms with Crippen molar-refractivity contribution in [3.63, 3.8) is 0 Å². The maximum Gasteiger partial charge on any atom is 0.310 e. The molecule has 0 atom stereocenters. The molecule has 2 heterocycles. The van der Waals surface area contributed by atoms with Gasteiger partial charge in [-0.25, -0.2) is 0 Å². The summed E-state index contributed by atoms with van der Waals surface area (Å²) in [6.45, 7) is 0.302. The number of hydrogen-bond acceptors (Lipinski definition) is 6. The standard InChI is InChI=1S/C8H8N2O4S2/c11-5-3-15-7(13)9(5)1-2-10-6(12)4-16-8(10)14/h3-4,11-12H,1-2H2. The fourth-order valence-corrected chi connectivity index (χ4v) is 2.55. The Morgan fingerprint density at radius 2 is 1.31 bits per heavy atom. The van der Waals surface area contributed by atoms with E-state index in [9.17, 15) is 19.8 Å². The second kappa shape index (κ2) is 4.14. The van der Waals surface area contributed by atoms with Crippen molar-refractivity contribution in [1.29, 1.82) is 0 Å². The van der Waals surface area contributed by atoms with Crippen LogP contribution in [0, 0.1) is 0 Å². The van der Waals surface area contributed by atoms with Crippen molar-refractivity contribution in [3.05, 3.63) is 30.1 Å². The fraction of sp³-hybridized carbons (Fsp3) is 0.250. The largest absolute Gasteiger partial charge is 0.494 e. The lowest BCUT2D eigenvalue weighted by Gasteiger charge is -2.04. The summed E-state index contributed by atoms with van der Waals surface area (Å²) in [6, 6.07) is 0. The first-order chi connectivity index (χ1) is 7.59. The molecule has 2 aromatic rings. The van der Waals surface area contributed by atoms with E-state index in [4.69, 9.17) is 0 Å². The molecule has 86 valence electrons. The van der Waals surface area contributed by atoms with E-state index in [0.29, 0.717) is 0 Å². The van der Waals surface area contributed by atoms with E-state index in [-0.39, 0.29) is 34.6 Å². The van der Waals surface area contributed by atoms with E-state index < -0.39 is 0 Å². The molecule has 0 saturated heterocycles. The summed E-state index contributed by atoms with van der Waals surface area (Å²) in [5, 5.41) is 21.3. The minimum absolute atomic E-state index is 0.127. The molecule has 0 bridgehead atoms. The summed E-state index contributed by atoms with van der Waals surface area (Å²) in [6.07, 6.45) is 0. The molecular weight excluding hydrogens is 252 g/mol. The number of aromatic nitrogens is 2. The normalized spacial score (nSPS) is 10.8. The molecule has 2 aromatic heterocycles. The van der Waals surface area contributed by atoms with Crippen molar-refractivity contribution in [3.8, 4) is 11.8 Å². The average molecular weight is 260 g/mol. The van der Waals surface area contributed by atoms with Crippen LogP contribution in [0.15, 0.2) is 20.3 Å². The molecule has 8 heteroatoms. The predicted molar refractivity (Wildman–Crippen MR) is 60.5 cm³/mol. The Labute approximate surface area is 97.3 Å². The summed E-state index contributed by atoms with van der Waals surface area (Å²) in [5.41, 5.74) is 0. The molecule has 0 unspecified atom stereocenters. The Balaban J connectivity index is 2.20. The molecule has 0 spiro atoms. The van der Waals surface area contributed by atoms with E-state index in [1.54, 1.807) is 0 Å². The molecule has 0 aliphatic heterocycles. The Morgan fingerprint density at radius 3 is 1.56 bits per heavy atom. The summed E-state index contributed by atoms with van der Waals surface area (Å²) in [4.78, 5) is 21.9. The zero-order valence-electron chi connectivity index (χ0n) is 7.99. The van der Waals surface area contributed by atoms with Crippen molar-refractivity contribution in [1.82, 2.24) is 9.13 Å². The molecule has 0 radical (unpaired) electrons. The van der Waals surface area contributed by atoms with Gasteiger partial charge in [-0.2, -0.15) is 0 Å². The summed E-state index contributed by atoms with van der Waals surface area (Å²) in [7, 11) is 0. The highest BCUT2D eigenvalue weighted by Crippen LogP contribution is 2.12. The smallest absolute Gasteiger partial charge is 0.310 e. The van der Waals surface area contributed by atoms with Crippen LogP contribution >= 0.6 is 22.7 Å². The fourth-order valence-electron chi connectivity index (χ4n) is 1.26. The van der Waals surface area contributed by atoms with Crippen LogP contribution in [0.1, 0.15) is 0 Å². The van der Waals surface area contributed by atoms with Gasteiger partial charge in [0, 0.05) is 13.1 Å². The van der Waals surface area contributed by atoms with Crippen molar-refractivity contribution in [2.24, 2.45) is 0 Å². The quantitative estimate of drug-likeness (QED) is 0.828. The first-order valence-corrected chi connectivity index (χ1v) is 6.10. The van der Waals surface area contributed by atoms with Crippen LogP contribution in [-0.2, 0) is 13.1 Å². The number of rotatable bonds is 3. The second-order valence-electron chi connectivity index (χ2n) is 3.02. The van der Waals surface area contributed by atoms with Gasteiger partial charge < -0.3 is 10.2 Å². The topological polar surface area (TPSA) is 84.5 Å². The van der Waals surface area contributed by atoms with E-state index in [2.05, 4.69) is 0 Å². The summed E-state index contributed by atoms with van der Waals surface area (Å²) < 4.78 is 2.29. The van der Waals surface area contributed by atoms with Crippen LogP contribution < -0.4 is 9.75 Å². The van der Waals surface area contributed by atoms with Gasteiger partial charge >= 0.3 is 9.75 Å². The van der Waals surface area contributed by atoms with Gasteiger partial charge in [0.15, 0.2) is 0 Å². The molecule has 2 N–H and O–H groups in total. The molecule has 6 nitrogen and oxygen atoms in total. The number of hydrogen-bond donors (Lipinski definition) is 2. The first kappa shape index (κ1) is 11.0. The van der Waals surface area contributed by atoms with Crippen LogP contribution in [0.2, 0.25) is 0 Å². The molecule has 16 heavy (non-hydrogen) atoms. The lowest BCUT2D eigenvalue weighted by atomic mass is 10.5. The van der Waals surface area contributed by atoms with Gasteiger partial charge in [0.1, 0.15) is 0 Å². The van der Waals surface area contributed by atoms with Crippen LogP contribution in [0.5, 0.6) is 11.8 Å². The van der Waals surface area contributed by atoms with Crippen molar-refractivity contribution >= 4 is 22.7 Å². The SMILES string of the molecule is O=c1scc(O)n1CCn1c(O)csc1=O. The van der Waals surface area contributed by atoms with E-state index in [1.807, 2.05) is 0 Å². The Bertz CT molecular complexity index is 552. The van der Waals surface area contributed by atoms with Gasteiger partial charge in [-0.3, -0.25) is 18.7 Å². The van der Waals surface area contributed by atoms with Gasteiger partial charge in [0.05, 0.1) is 10.8 Å². The minimum Gasteiger partial charge on any atom is -0.494 e. The third-order valence-corrected chi connectivity index (χ3v) is 3.57. The highest BCUT2D eigenvalue weighted by molar-refractivity contribution is 7.07. The zero-order chi connectivity index (χ0) is 11.7. The molecule has 0 aliphatic carbocycles. The molecule has 0 amide bonds. The van der Waals surface area contributed by atoms with Gasteiger partial charge in [0.25, 0.3) is 0 Å². The van der Waals surface area contributed by atoms with Gasteiger partial charge in [0.2, 0.25) is 11.8 Å². The molecule has 0 aromatic carbocycles. The van der Waals surface area contributed by atoms with Crippen molar-refractivity contribution in [2.75, 3.05) is 0 Å². The Hall–Kier alpha value is -1.54. The molecule has 2 rings (SSSR count). The highest BCUT2D eigenvalue weighted by Gasteiger charge is 2.08. The van der Waals surface area contributed by atoms with Gasteiger partial charge in [-0.05, 0) is 0 Å². The minimum atomic E-state index is -0.291. The molecular formula is C8H8N2O4S2. The van der Waals surface area contributed by atoms with Crippen LogP contribution in [0.4, 0.5) is 0 Å². The van der Waals surface area contributed by atoms with E-state index >= 15 is 0 Å². The van der Waals surface area contributed by atoms with Gasteiger partial charge in [-0.1, -0.05) is 22.7 Å². The lowest BCUT2D eigenvalue weighted by molar-refractivity contribution is 0.379. The zero-order valence-corrected chi connectivity index (χ0v) is 9.62. The number of nitrogens with zero attached hydrogens (tertiary/aromatic N) is 2. The maximum absolute atomic E-state index is 11.2. The van der Waals surface area contributed by atoms with E-state index in [1.165, 1.54) is 10.8 Å². The van der Waals surface area contributed by atoms with Crippen molar-refractivity contribution < 1.29 is 10.2 Å². The van der Waals surface area contributed by atoms with Crippen LogP contribution in [0.3, 0.4) is 0 Å². The molecule has 0 fully saturated rings. The van der Waals surface area contributed by atoms with Gasteiger partial charge in [-0.15, -0.1) is 0 Å². The number of thiazole rings is 2. The first-order valence-electron chi connectivity index (χ1n) is 4.34. The van der Waals surface area contributed by atoms with Crippen LogP contribution in [-0.4, -0.2) is 19.3 Å². The van der Waals surface area contributed by atoms with Crippen LogP contribution in [0.25, 0.3) is 0 Å². The third kappa shape index (κ3) is 1.89. The molecule has 0 aliphatic rings. The van der Waals surface area contributed by atoms with E-state index in [0.717, 1.165) is 31.8 Å². The monoisotopic (exact) mass is 260 g/mol.